The van der Waals surface area contributed by atoms with Crippen LogP contribution in [0.1, 0.15) is 0 Å². The van der Waals surface area contributed by atoms with E-state index < -0.39 is 0 Å². The average Bonchev–Trinajstić information content (AvgIpc) is 2.77. The highest BCUT2D eigenvalue weighted by Gasteiger charge is 2.13. The summed E-state index contributed by atoms with van der Waals surface area (Å²) in [5.74, 6) is 2.64. The van der Waals surface area contributed by atoms with E-state index >= 15 is 0 Å². The van der Waals surface area contributed by atoms with Crippen LogP contribution in [-0.2, 0) is 0 Å². The third-order valence-electron chi connectivity index (χ3n) is 4.87. The molecule has 0 radical (unpaired) electrons. The van der Waals surface area contributed by atoms with E-state index in [0.717, 1.165) is 33.0 Å². The maximum Gasteiger partial charge on any atom is 0.146 e. The molecule has 146 valence electrons. The highest BCUT2D eigenvalue weighted by atomic mass is 79.9. The Bertz CT molecular complexity index is 1280. The summed E-state index contributed by atoms with van der Waals surface area (Å²) in [5.41, 5.74) is 0. The Balaban J connectivity index is 1.47. The third-order valence-corrected chi connectivity index (χ3v) is 5.87. The second kappa shape index (κ2) is 8.02. The van der Waals surface area contributed by atoms with E-state index in [2.05, 4.69) is 40.2 Å². The van der Waals surface area contributed by atoms with Crippen molar-refractivity contribution in [3.8, 4) is 23.0 Å². The number of ether oxygens (including phenoxy) is 2. The molecule has 0 fully saturated rings. The molecule has 0 saturated carbocycles. The lowest BCUT2D eigenvalue weighted by Gasteiger charge is -2.14. The highest BCUT2D eigenvalue weighted by molar-refractivity contribution is 9.10. The van der Waals surface area contributed by atoms with Gasteiger partial charge in [-0.2, -0.15) is 0 Å². The van der Waals surface area contributed by atoms with Crippen molar-refractivity contribution in [1.82, 2.24) is 0 Å². The Hall–Kier alpha value is -3.01. The van der Waals surface area contributed by atoms with Crippen LogP contribution in [0.15, 0.2) is 102 Å². The van der Waals surface area contributed by atoms with Crippen LogP contribution in [-0.4, -0.2) is 0 Å². The van der Waals surface area contributed by atoms with Crippen molar-refractivity contribution in [2.24, 2.45) is 0 Å². The van der Waals surface area contributed by atoms with Gasteiger partial charge in [0.2, 0.25) is 0 Å². The SMILES string of the molecule is Clc1cc(Oc2ccc3ccccc3c2)c(Br)c(Oc2ccc3ccccc3c2)c1. The molecular formula is C26H16BrClO2. The number of benzene rings is 5. The molecule has 0 saturated heterocycles. The van der Waals surface area contributed by atoms with Crippen molar-refractivity contribution in [3.05, 3.63) is 107 Å². The second-order valence-corrected chi connectivity index (χ2v) is 8.17. The van der Waals surface area contributed by atoms with Crippen molar-refractivity contribution >= 4 is 49.1 Å². The van der Waals surface area contributed by atoms with Gasteiger partial charge in [-0.1, -0.05) is 72.3 Å². The largest absolute Gasteiger partial charge is 0.456 e. The van der Waals surface area contributed by atoms with E-state index in [1.54, 1.807) is 12.1 Å². The van der Waals surface area contributed by atoms with Crippen molar-refractivity contribution in [1.29, 1.82) is 0 Å². The first kappa shape index (κ1) is 19.0. The van der Waals surface area contributed by atoms with E-state index in [9.17, 15) is 0 Å². The van der Waals surface area contributed by atoms with Crippen molar-refractivity contribution in [3.63, 3.8) is 0 Å². The lowest BCUT2D eigenvalue weighted by molar-refractivity contribution is 0.455. The Morgan fingerprint density at radius 1 is 0.533 bits per heavy atom. The Labute approximate surface area is 187 Å². The predicted molar refractivity (Wildman–Crippen MR) is 127 cm³/mol. The van der Waals surface area contributed by atoms with Gasteiger partial charge < -0.3 is 9.47 Å². The fourth-order valence-corrected chi connectivity index (χ4v) is 3.99. The molecular weight excluding hydrogens is 460 g/mol. The summed E-state index contributed by atoms with van der Waals surface area (Å²) in [7, 11) is 0. The molecule has 5 aromatic carbocycles. The lowest BCUT2D eigenvalue weighted by atomic mass is 10.1. The molecule has 0 aliphatic rings. The fraction of sp³-hybridized carbons (Fsp3) is 0. The van der Waals surface area contributed by atoms with Gasteiger partial charge in [-0.05, 0) is 61.7 Å². The predicted octanol–water partition coefficient (Wildman–Crippen LogP) is 8.99. The standard InChI is InChI=1S/C26H16BrClO2/c27-26-24(29-22-11-9-17-5-1-3-7-19(17)13-22)15-21(28)16-25(26)30-23-12-10-18-6-2-4-8-20(18)14-23/h1-16H. The molecule has 0 aliphatic heterocycles. The van der Waals surface area contributed by atoms with Gasteiger partial charge in [-0.25, -0.2) is 0 Å². The summed E-state index contributed by atoms with van der Waals surface area (Å²) in [6.45, 7) is 0. The van der Waals surface area contributed by atoms with Crippen molar-refractivity contribution < 1.29 is 9.47 Å². The van der Waals surface area contributed by atoms with Crippen LogP contribution < -0.4 is 9.47 Å². The van der Waals surface area contributed by atoms with Crippen LogP contribution in [0.5, 0.6) is 23.0 Å². The molecule has 2 nitrogen and oxygen atoms in total. The molecule has 0 heterocycles. The first-order valence-electron chi connectivity index (χ1n) is 9.48. The quantitative estimate of drug-likeness (QED) is 0.258. The molecule has 0 spiro atoms. The van der Waals surface area contributed by atoms with Crippen LogP contribution in [0.25, 0.3) is 21.5 Å². The average molecular weight is 476 g/mol. The molecule has 0 aromatic heterocycles. The molecule has 0 aliphatic carbocycles. The highest BCUT2D eigenvalue weighted by Crippen LogP contribution is 2.42. The van der Waals surface area contributed by atoms with Gasteiger partial charge in [0, 0.05) is 17.2 Å². The van der Waals surface area contributed by atoms with Gasteiger partial charge in [0.25, 0.3) is 0 Å². The van der Waals surface area contributed by atoms with Crippen molar-refractivity contribution in [2.75, 3.05) is 0 Å². The third kappa shape index (κ3) is 3.87. The van der Waals surface area contributed by atoms with Crippen LogP contribution >= 0.6 is 27.5 Å². The summed E-state index contributed by atoms with van der Waals surface area (Å²) in [4.78, 5) is 0. The number of hydrogen-bond donors (Lipinski definition) is 0. The second-order valence-electron chi connectivity index (χ2n) is 6.94. The summed E-state index contributed by atoms with van der Waals surface area (Å²) in [5, 5.41) is 5.08. The Kier molecular flexibility index (Phi) is 5.07. The number of fused-ring (bicyclic) bond motifs is 2. The number of halogens is 2. The van der Waals surface area contributed by atoms with E-state index in [0.29, 0.717) is 21.0 Å². The van der Waals surface area contributed by atoms with Gasteiger partial charge in [0.05, 0.1) is 0 Å². The van der Waals surface area contributed by atoms with E-state index in [-0.39, 0.29) is 0 Å². The minimum Gasteiger partial charge on any atom is -0.456 e. The molecule has 0 bridgehead atoms. The number of hydrogen-bond acceptors (Lipinski definition) is 2. The summed E-state index contributed by atoms with van der Waals surface area (Å²) < 4.78 is 13.0. The lowest BCUT2D eigenvalue weighted by Crippen LogP contribution is -1.91. The smallest absolute Gasteiger partial charge is 0.146 e. The Morgan fingerprint density at radius 3 is 1.43 bits per heavy atom. The molecule has 5 rings (SSSR count). The van der Waals surface area contributed by atoms with E-state index in [1.165, 1.54) is 0 Å². The fourth-order valence-electron chi connectivity index (χ4n) is 3.40. The van der Waals surface area contributed by atoms with Crippen LogP contribution in [0.3, 0.4) is 0 Å². The van der Waals surface area contributed by atoms with Crippen LogP contribution in [0.4, 0.5) is 0 Å². The summed E-state index contributed by atoms with van der Waals surface area (Å²) in [6.07, 6.45) is 0. The molecule has 0 unspecified atom stereocenters. The molecule has 5 aromatic rings. The molecule has 0 N–H and O–H groups in total. The first-order chi connectivity index (χ1) is 14.7. The monoisotopic (exact) mass is 474 g/mol. The number of rotatable bonds is 4. The van der Waals surface area contributed by atoms with Gasteiger partial charge >= 0.3 is 0 Å². The summed E-state index contributed by atoms with van der Waals surface area (Å²) in [6, 6.07) is 31.8. The maximum absolute atomic E-state index is 6.36. The zero-order valence-electron chi connectivity index (χ0n) is 15.8. The molecule has 0 atom stereocenters. The zero-order chi connectivity index (χ0) is 20.5. The van der Waals surface area contributed by atoms with Crippen molar-refractivity contribution in [2.45, 2.75) is 0 Å². The van der Waals surface area contributed by atoms with Gasteiger partial charge in [0.15, 0.2) is 0 Å². The molecule has 30 heavy (non-hydrogen) atoms. The van der Waals surface area contributed by atoms with Crippen LogP contribution in [0.2, 0.25) is 5.02 Å². The zero-order valence-corrected chi connectivity index (χ0v) is 18.2. The van der Waals surface area contributed by atoms with E-state index in [1.807, 2.05) is 60.7 Å². The normalized spacial score (nSPS) is 11.0. The van der Waals surface area contributed by atoms with E-state index in [4.69, 9.17) is 21.1 Å². The minimum absolute atomic E-state index is 0.532. The molecule has 0 amide bonds. The topological polar surface area (TPSA) is 18.5 Å². The van der Waals surface area contributed by atoms with Gasteiger partial charge in [-0.15, -0.1) is 0 Å². The maximum atomic E-state index is 6.36. The molecule has 4 heteroatoms. The van der Waals surface area contributed by atoms with Gasteiger partial charge in [0.1, 0.15) is 27.5 Å². The summed E-state index contributed by atoms with van der Waals surface area (Å²) >= 11 is 9.98. The minimum atomic E-state index is 0.532. The first-order valence-corrected chi connectivity index (χ1v) is 10.7. The van der Waals surface area contributed by atoms with Gasteiger partial charge in [-0.3, -0.25) is 0 Å². The Morgan fingerprint density at radius 2 is 0.967 bits per heavy atom. The van der Waals surface area contributed by atoms with Crippen LogP contribution in [0, 0.1) is 0 Å².